The topological polar surface area (TPSA) is 47.0 Å². The van der Waals surface area contributed by atoms with Crippen molar-refractivity contribution < 1.29 is 4.74 Å². The molecule has 1 spiro atoms. The van der Waals surface area contributed by atoms with Crippen LogP contribution in [0.15, 0.2) is 12.3 Å². The van der Waals surface area contributed by atoms with Gasteiger partial charge in [-0.3, -0.25) is 0 Å². The highest BCUT2D eigenvalue weighted by Gasteiger charge is 2.51. The molecule has 0 amide bonds. The van der Waals surface area contributed by atoms with Gasteiger partial charge in [0.2, 0.25) is 0 Å². The lowest BCUT2D eigenvalue weighted by Gasteiger charge is -2.45. The van der Waals surface area contributed by atoms with Crippen LogP contribution in [0.1, 0.15) is 18.2 Å². The second-order valence-corrected chi connectivity index (χ2v) is 4.06. The Hall–Kier alpha value is -1.00. The first-order valence-electron chi connectivity index (χ1n) is 4.92. The molecule has 2 fully saturated rings. The molecule has 0 aromatic carbocycles. The minimum atomic E-state index is 0.150. The molecule has 14 heavy (non-hydrogen) atoms. The molecule has 4 heteroatoms. The summed E-state index contributed by atoms with van der Waals surface area (Å²) in [7, 11) is 0. The average Bonchev–Trinajstić information content (AvgIpc) is 2.68. The summed E-state index contributed by atoms with van der Waals surface area (Å²) in [5, 5.41) is 3.38. The molecule has 2 unspecified atom stereocenters. The fourth-order valence-electron chi connectivity index (χ4n) is 2.33. The number of ether oxygens (including phenoxy) is 1. The van der Waals surface area contributed by atoms with Gasteiger partial charge in [0.15, 0.2) is 6.33 Å². The van der Waals surface area contributed by atoms with Crippen LogP contribution in [0.3, 0.4) is 0 Å². The van der Waals surface area contributed by atoms with Gasteiger partial charge in [-0.25, -0.2) is 9.97 Å². The molecule has 4 nitrogen and oxygen atoms in total. The van der Waals surface area contributed by atoms with E-state index in [4.69, 9.17) is 4.74 Å². The highest BCUT2D eigenvalue weighted by Crippen LogP contribution is 2.49. The van der Waals surface area contributed by atoms with E-state index in [-0.39, 0.29) is 6.10 Å². The van der Waals surface area contributed by atoms with Gasteiger partial charge in [0.1, 0.15) is 6.10 Å². The molecule has 73 valence electrons. The summed E-state index contributed by atoms with van der Waals surface area (Å²) < 4.78 is 5.60. The molecular weight excluding hydrogens is 178 g/mol. The zero-order valence-electron chi connectivity index (χ0n) is 7.86. The van der Waals surface area contributed by atoms with Crippen molar-refractivity contribution in [2.75, 3.05) is 19.7 Å². The Morgan fingerprint density at radius 2 is 2.64 bits per heavy atom. The number of aromatic nitrogens is 2. The van der Waals surface area contributed by atoms with Crippen molar-refractivity contribution in [2.24, 2.45) is 5.41 Å². The van der Waals surface area contributed by atoms with Crippen LogP contribution >= 0.6 is 0 Å². The molecule has 3 rings (SSSR count). The highest BCUT2D eigenvalue weighted by atomic mass is 16.5. The molecule has 1 aromatic heterocycles. The zero-order valence-corrected chi connectivity index (χ0v) is 7.86. The third-order valence-electron chi connectivity index (χ3n) is 3.20. The first-order valence-corrected chi connectivity index (χ1v) is 4.92. The lowest BCUT2D eigenvalue weighted by Crippen LogP contribution is -2.47. The summed E-state index contributed by atoms with van der Waals surface area (Å²) in [6, 6.07) is 1.92. The monoisotopic (exact) mass is 190 g/mol. The van der Waals surface area contributed by atoms with E-state index in [0.717, 1.165) is 25.4 Å². The van der Waals surface area contributed by atoms with Crippen molar-refractivity contribution in [3.05, 3.63) is 24.3 Å². The number of nitrogens with one attached hydrogen (secondary N) is 1. The van der Waals surface area contributed by atoms with Crippen LogP contribution in [-0.2, 0) is 4.74 Å². The molecule has 1 N–H and O–H groups in total. The molecule has 1 radical (unpaired) electrons. The van der Waals surface area contributed by atoms with Gasteiger partial charge in [-0.2, -0.15) is 0 Å². The van der Waals surface area contributed by atoms with E-state index in [9.17, 15) is 0 Å². The second-order valence-electron chi connectivity index (χ2n) is 4.06. The van der Waals surface area contributed by atoms with Crippen LogP contribution < -0.4 is 5.32 Å². The maximum Gasteiger partial charge on any atom is 0.198 e. The first-order chi connectivity index (χ1) is 6.91. The van der Waals surface area contributed by atoms with Gasteiger partial charge in [-0.05, 0) is 19.0 Å². The molecule has 2 atom stereocenters. The van der Waals surface area contributed by atoms with Crippen LogP contribution in [0.5, 0.6) is 0 Å². The predicted octanol–water partition coefficient (Wildman–Crippen LogP) is 0.328. The molecule has 2 saturated heterocycles. The molecule has 0 aliphatic carbocycles. The Kier molecular flexibility index (Phi) is 1.78. The lowest BCUT2D eigenvalue weighted by atomic mass is 9.76. The van der Waals surface area contributed by atoms with Gasteiger partial charge in [0.05, 0.1) is 12.3 Å². The maximum absolute atomic E-state index is 5.60. The molecular formula is C10H12N3O. The lowest BCUT2D eigenvalue weighted by molar-refractivity contribution is -0.182. The van der Waals surface area contributed by atoms with Gasteiger partial charge in [-0.1, -0.05) is 0 Å². The summed E-state index contributed by atoms with van der Waals surface area (Å²) in [6.45, 7) is 2.99. The van der Waals surface area contributed by atoms with Crippen molar-refractivity contribution in [1.82, 2.24) is 15.3 Å². The molecule has 1 aromatic rings. The van der Waals surface area contributed by atoms with Crippen molar-refractivity contribution in [1.29, 1.82) is 0 Å². The summed E-state index contributed by atoms with van der Waals surface area (Å²) in [5.41, 5.74) is 1.26. The Morgan fingerprint density at radius 1 is 1.64 bits per heavy atom. The van der Waals surface area contributed by atoms with Crippen LogP contribution in [-0.4, -0.2) is 29.7 Å². The smallest absolute Gasteiger partial charge is 0.198 e. The van der Waals surface area contributed by atoms with Gasteiger partial charge in [0, 0.05) is 18.2 Å². The average molecular weight is 190 g/mol. The molecule has 0 bridgehead atoms. The van der Waals surface area contributed by atoms with Crippen LogP contribution in [0.25, 0.3) is 0 Å². The van der Waals surface area contributed by atoms with Gasteiger partial charge in [0.25, 0.3) is 0 Å². The van der Waals surface area contributed by atoms with Crippen molar-refractivity contribution in [3.8, 4) is 0 Å². The first kappa shape index (κ1) is 8.32. The number of rotatable bonds is 1. The molecule has 2 aliphatic rings. The maximum atomic E-state index is 5.60. The van der Waals surface area contributed by atoms with Crippen molar-refractivity contribution in [3.63, 3.8) is 0 Å². The van der Waals surface area contributed by atoms with Crippen LogP contribution in [0, 0.1) is 11.7 Å². The van der Waals surface area contributed by atoms with Crippen LogP contribution in [0.4, 0.5) is 0 Å². The molecule has 0 saturated carbocycles. The van der Waals surface area contributed by atoms with Crippen LogP contribution in [0.2, 0.25) is 0 Å². The van der Waals surface area contributed by atoms with E-state index in [0.29, 0.717) is 5.41 Å². The third kappa shape index (κ3) is 1.07. The predicted molar refractivity (Wildman–Crippen MR) is 49.5 cm³/mol. The molecule has 3 heterocycles. The van der Waals surface area contributed by atoms with Crippen molar-refractivity contribution in [2.45, 2.75) is 12.5 Å². The van der Waals surface area contributed by atoms with Crippen molar-refractivity contribution >= 4 is 0 Å². The fourth-order valence-corrected chi connectivity index (χ4v) is 2.33. The number of nitrogens with zero attached hydrogens (tertiary/aromatic N) is 2. The Morgan fingerprint density at radius 3 is 3.21 bits per heavy atom. The van der Waals surface area contributed by atoms with E-state index in [1.807, 2.05) is 6.07 Å². The Labute approximate surface area is 82.7 Å². The number of hydrogen-bond acceptors (Lipinski definition) is 4. The number of hydrogen-bond donors (Lipinski definition) is 1. The standard InChI is InChI=1S/C10H12N3O/c1-3-12-7-13-8(1)9-10(6-14-9)2-4-11-5-10/h1,3,9,11H,2,4-6H2. The highest BCUT2D eigenvalue weighted by molar-refractivity contribution is 5.14. The van der Waals surface area contributed by atoms with E-state index in [1.165, 1.54) is 6.42 Å². The normalized spacial score (nSPS) is 35.9. The minimum absolute atomic E-state index is 0.150. The van der Waals surface area contributed by atoms with Gasteiger partial charge >= 0.3 is 0 Å². The SMILES string of the molecule is [c]1nccc(C2OCC23CCNC3)n1. The minimum Gasteiger partial charge on any atom is -0.370 e. The van der Waals surface area contributed by atoms with E-state index in [1.54, 1.807) is 6.20 Å². The zero-order chi connectivity index (χ0) is 9.43. The van der Waals surface area contributed by atoms with Gasteiger partial charge in [-0.15, -0.1) is 0 Å². The summed E-state index contributed by atoms with van der Waals surface area (Å²) in [4.78, 5) is 7.92. The largest absolute Gasteiger partial charge is 0.370 e. The van der Waals surface area contributed by atoms with E-state index < -0.39 is 0 Å². The van der Waals surface area contributed by atoms with Gasteiger partial charge < -0.3 is 10.1 Å². The second kappa shape index (κ2) is 3.00. The summed E-state index contributed by atoms with van der Waals surface area (Å²) in [6.07, 6.45) is 5.67. The fraction of sp³-hybridized carbons (Fsp3) is 0.600. The summed E-state index contributed by atoms with van der Waals surface area (Å²) >= 11 is 0. The third-order valence-corrected chi connectivity index (χ3v) is 3.20. The Balaban J connectivity index is 1.87. The molecule has 2 aliphatic heterocycles. The van der Waals surface area contributed by atoms with E-state index >= 15 is 0 Å². The summed E-state index contributed by atoms with van der Waals surface area (Å²) in [5.74, 6) is 0. The van der Waals surface area contributed by atoms with E-state index in [2.05, 4.69) is 21.6 Å². The Bertz CT molecular complexity index is 321. The quantitative estimate of drug-likeness (QED) is 0.693.